The molecule has 0 unspecified atom stereocenters. The van der Waals surface area contributed by atoms with Gasteiger partial charge >= 0.3 is 0 Å². The molecule has 1 fully saturated rings. The molecular formula is C23H31N5O. The van der Waals surface area contributed by atoms with Crippen LogP contribution in [0.1, 0.15) is 60.4 Å². The van der Waals surface area contributed by atoms with Crippen molar-refractivity contribution in [3.63, 3.8) is 0 Å². The van der Waals surface area contributed by atoms with Crippen LogP contribution < -0.4 is 5.32 Å². The van der Waals surface area contributed by atoms with Gasteiger partial charge in [0, 0.05) is 32.6 Å². The Morgan fingerprint density at radius 1 is 1.21 bits per heavy atom. The maximum atomic E-state index is 11.9. The Bertz CT molecular complexity index is 897. The zero-order valence-corrected chi connectivity index (χ0v) is 17.7. The van der Waals surface area contributed by atoms with Gasteiger partial charge in [-0.15, -0.1) is 0 Å². The average molecular weight is 394 g/mol. The van der Waals surface area contributed by atoms with Gasteiger partial charge in [-0.25, -0.2) is 9.97 Å². The van der Waals surface area contributed by atoms with Crippen LogP contribution in [0, 0.1) is 6.92 Å². The van der Waals surface area contributed by atoms with Gasteiger partial charge in [0.05, 0.1) is 18.3 Å². The highest BCUT2D eigenvalue weighted by Gasteiger charge is 2.30. The Morgan fingerprint density at radius 3 is 2.79 bits per heavy atom. The fraction of sp³-hybridized carbons (Fsp3) is 0.522. The molecule has 3 heterocycles. The molecule has 1 amide bonds. The summed E-state index contributed by atoms with van der Waals surface area (Å²) in [6.45, 7) is 7.12. The van der Waals surface area contributed by atoms with Gasteiger partial charge in [0.25, 0.3) is 0 Å². The molecule has 1 aromatic heterocycles. The van der Waals surface area contributed by atoms with Crippen molar-refractivity contribution >= 4 is 11.7 Å². The minimum atomic E-state index is 0.112. The fourth-order valence-electron chi connectivity index (χ4n) is 4.55. The number of benzene rings is 1. The molecule has 1 aromatic carbocycles. The van der Waals surface area contributed by atoms with Crippen molar-refractivity contribution in [3.05, 3.63) is 52.5 Å². The molecule has 0 aliphatic carbocycles. The number of hydrogen-bond acceptors (Lipinski definition) is 5. The molecule has 1 atom stereocenters. The lowest BCUT2D eigenvalue weighted by Gasteiger charge is -2.36. The molecule has 1 N–H and O–H groups in total. The van der Waals surface area contributed by atoms with Crippen molar-refractivity contribution in [1.82, 2.24) is 19.8 Å². The first-order chi connectivity index (χ1) is 14.1. The molecule has 2 aliphatic rings. The number of amides is 1. The highest BCUT2D eigenvalue weighted by atomic mass is 16.2. The summed E-state index contributed by atoms with van der Waals surface area (Å²) in [7, 11) is 1.93. The zero-order valence-electron chi connectivity index (χ0n) is 17.7. The normalized spacial score (nSPS) is 19.7. The second-order valence-corrected chi connectivity index (χ2v) is 8.20. The quantitative estimate of drug-likeness (QED) is 0.862. The summed E-state index contributed by atoms with van der Waals surface area (Å²) in [6.07, 6.45) is 4.29. The summed E-state index contributed by atoms with van der Waals surface area (Å²) < 4.78 is 0. The van der Waals surface area contributed by atoms with Crippen LogP contribution in [0.5, 0.6) is 0 Å². The van der Waals surface area contributed by atoms with Gasteiger partial charge in [-0.3, -0.25) is 9.69 Å². The lowest BCUT2D eigenvalue weighted by molar-refractivity contribution is -0.129. The van der Waals surface area contributed by atoms with Crippen LogP contribution in [0.4, 0.5) is 5.82 Å². The van der Waals surface area contributed by atoms with E-state index in [2.05, 4.69) is 41.4 Å². The van der Waals surface area contributed by atoms with E-state index in [1.54, 1.807) is 6.92 Å². The first-order valence-electron chi connectivity index (χ1n) is 10.7. The summed E-state index contributed by atoms with van der Waals surface area (Å²) in [5.74, 6) is 1.93. The molecule has 154 valence electrons. The molecule has 4 rings (SSSR count). The first-order valence-corrected chi connectivity index (χ1v) is 10.7. The van der Waals surface area contributed by atoms with E-state index in [1.165, 1.54) is 24.0 Å². The van der Waals surface area contributed by atoms with Crippen LogP contribution >= 0.6 is 0 Å². The predicted octanol–water partition coefficient (Wildman–Crippen LogP) is 3.46. The van der Waals surface area contributed by atoms with Crippen LogP contribution in [-0.2, 0) is 24.3 Å². The second kappa shape index (κ2) is 8.49. The highest BCUT2D eigenvalue weighted by Crippen LogP contribution is 2.33. The molecule has 0 saturated carbocycles. The van der Waals surface area contributed by atoms with Crippen LogP contribution in [0.25, 0.3) is 0 Å². The number of piperidine rings is 1. The molecule has 6 heteroatoms. The third kappa shape index (κ3) is 4.13. The molecule has 2 aromatic rings. The largest absolute Gasteiger partial charge is 0.373 e. The molecule has 2 aliphatic heterocycles. The third-order valence-electron chi connectivity index (χ3n) is 6.31. The minimum Gasteiger partial charge on any atom is -0.373 e. The van der Waals surface area contributed by atoms with Crippen molar-refractivity contribution in [1.29, 1.82) is 0 Å². The Hall–Kier alpha value is -2.47. The van der Waals surface area contributed by atoms with Crippen LogP contribution in [-0.4, -0.2) is 45.8 Å². The number of fused-ring (bicyclic) bond motifs is 1. The van der Waals surface area contributed by atoms with E-state index in [1.807, 2.05) is 11.9 Å². The molecule has 1 saturated heterocycles. The van der Waals surface area contributed by atoms with Crippen LogP contribution in [0.15, 0.2) is 24.3 Å². The van der Waals surface area contributed by atoms with Gasteiger partial charge in [0.2, 0.25) is 5.91 Å². The number of aromatic nitrogens is 2. The maximum absolute atomic E-state index is 11.9. The van der Waals surface area contributed by atoms with Gasteiger partial charge < -0.3 is 10.2 Å². The van der Waals surface area contributed by atoms with Crippen LogP contribution in [0.3, 0.4) is 0 Å². The molecule has 29 heavy (non-hydrogen) atoms. The number of aryl methyl sites for hydroxylation is 1. The summed E-state index contributed by atoms with van der Waals surface area (Å²) in [5, 5.41) is 3.28. The van der Waals surface area contributed by atoms with E-state index in [0.29, 0.717) is 6.54 Å². The molecule has 0 spiro atoms. The number of carbonyl (C=O) groups excluding carboxylic acids is 1. The number of nitrogens with one attached hydrogen (secondary N) is 1. The van der Waals surface area contributed by atoms with Crippen molar-refractivity contribution in [2.75, 3.05) is 25.5 Å². The zero-order chi connectivity index (χ0) is 20.4. The number of carbonyl (C=O) groups is 1. The van der Waals surface area contributed by atoms with Gasteiger partial charge in [0.1, 0.15) is 11.6 Å². The van der Waals surface area contributed by atoms with E-state index in [9.17, 15) is 4.79 Å². The number of likely N-dealkylation sites (tertiary alicyclic amines) is 1. The third-order valence-corrected chi connectivity index (χ3v) is 6.31. The molecular weight excluding hydrogens is 362 g/mol. The van der Waals surface area contributed by atoms with Crippen molar-refractivity contribution in [2.24, 2.45) is 0 Å². The van der Waals surface area contributed by atoms with Crippen molar-refractivity contribution in [2.45, 2.75) is 58.7 Å². The number of rotatable bonds is 4. The van der Waals surface area contributed by atoms with E-state index < -0.39 is 0 Å². The van der Waals surface area contributed by atoms with E-state index in [0.717, 1.165) is 55.4 Å². The van der Waals surface area contributed by atoms with Gasteiger partial charge in [-0.05, 0) is 43.9 Å². The van der Waals surface area contributed by atoms with Crippen molar-refractivity contribution in [3.8, 4) is 0 Å². The van der Waals surface area contributed by atoms with Gasteiger partial charge in [-0.1, -0.05) is 30.7 Å². The number of nitrogens with zero attached hydrogens (tertiary/aromatic N) is 4. The second-order valence-electron chi connectivity index (χ2n) is 8.20. The summed E-state index contributed by atoms with van der Waals surface area (Å²) in [6, 6.07) is 8.83. The Labute approximate surface area is 173 Å². The lowest BCUT2D eigenvalue weighted by atomic mass is 9.98. The number of anilines is 1. The van der Waals surface area contributed by atoms with Gasteiger partial charge in [0.15, 0.2) is 0 Å². The van der Waals surface area contributed by atoms with E-state index in [4.69, 9.17) is 9.97 Å². The summed E-state index contributed by atoms with van der Waals surface area (Å²) >= 11 is 0. The lowest BCUT2D eigenvalue weighted by Crippen LogP contribution is -2.37. The van der Waals surface area contributed by atoms with Crippen LogP contribution in [0.2, 0.25) is 0 Å². The number of hydrogen-bond donors (Lipinski definition) is 1. The molecule has 6 nitrogen and oxygen atoms in total. The first kappa shape index (κ1) is 19.8. The monoisotopic (exact) mass is 393 g/mol. The smallest absolute Gasteiger partial charge is 0.219 e. The fourth-order valence-corrected chi connectivity index (χ4v) is 4.55. The average Bonchev–Trinajstić information content (AvgIpc) is 2.74. The summed E-state index contributed by atoms with van der Waals surface area (Å²) in [4.78, 5) is 26.3. The minimum absolute atomic E-state index is 0.112. The van der Waals surface area contributed by atoms with Crippen molar-refractivity contribution < 1.29 is 4.79 Å². The molecule has 0 bridgehead atoms. The summed E-state index contributed by atoms with van der Waals surface area (Å²) in [5.41, 5.74) is 4.86. The predicted molar refractivity (Wildman–Crippen MR) is 115 cm³/mol. The highest BCUT2D eigenvalue weighted by molar-refractivity contribution is 5.73. The van der Waals surface area contributed by atoms with Gasteiger partial charge in [-0.2, -0.15) is 0 Å². The molecule has 0 radical (unpaired) electrons. The van der Waals surface area contributed by atoms with E-state index >= 15 is 0 Å². The standard InChI is InChI=1S/C23H31N5O/c1-16-8-4-5-9-18(16)14-28-12-7-6-10-21(28)23-25-20-15-27(17(2)29)13-11-19(20)22(24-3)26-23/h4-5,8-9,21H,6-7,10-15H2,1-3H3,(H,24,25,26)/t21-/m0/s1. The maximum Gasteiger partial charge on any atom is 0.219 e. The Morgan fingerprint density at radius 2 is 2.03 bits per heavy atom. The topological polar surface area (TPSA) is 61.4 Å². The SMILES string of the molecule is CNc1nc([C@@H]2CCCCN2Cc2ccccc2C)nc2c1CCN(C(C)=O)C2. The van der Waals surface area contributed by atoms with E-state index in [-0.39, 0.29) is 11.9 Å². The Kier molecular flexibility index (Phi) is 5.81. The Balaban J connectivity index is 1.65.